The normalized spacial score (nSPS) is 11.7. The predicted octanol–water partition coefficient (Wildman–Crippen LogP) is 18.4. The second kappa shape index (κ2) is 49.6. The molecule has 0 aromatic carbocycles. The Morgan fingerprint density at radius 3 is 0.618 bits per heavy atom. The molecule has 0 heterocycles. The molecule has 55 heavy (non-hydrogen) atoms. The van der Waals surface area contributed by atoms with E-state index in [1.54, 1.807) is 0 Å². The van der Waals surface area contributed by atoms with Crippen LogP contribution < -0.4 is 0 Å². The van der Waals surface area contributed by atoms with Crippen LogP contribution in [0, 0.1) is 0 Å². The minimum absolute atomic E-state index is 0.315. The van der Waals surface area contributed by atoms with Gasteiger partial charge >= 0.3 is 5.97 Å². The van der Waals surface area contributed by atoms with Gasteiger partial charge in [-0.25, -0.2) is 0 Å². The topological polar surface area (TPSA) is 40.5 Å². The van der Waals surface area contributed by atoms with Crippen molar-refractivity contribution < 1.29 is 9.90 Å². The number of carboxylic acids is 1. The van der Waals surface area contributed by atoms with Crippen LogP contribution in [0.5, 0.6) is 0 Å². The second-order valence-corrected chi connectivity index (χ2v) is 18.2. The van der Waals surface area contributed by atoms with Crippen molar-refractivity contribution in [3.05, 3.63) is 0 Å². The van der Waals surface area contributed by atoms with E-state index in [-0.39, 0.29) is 0 Å². The molecular weight excluding hydrogens is 671 g/mol. The van der Waals surface area contributed by atoms with Crippen molar-refractivity contribution in [1.82, 2.24) is 4.90 Å². The van der Waals surface area contributed by atoms with E-state index in [1.165, 1.54) is 283 Å². The third kappa shape index (κ3) is 49.5. The lowest BCUT2D eigenvalue weighted by Gasteiger charge is -2.22. The molecule has 0 bridgehead atoms. The quantitative estimate of drug-likeness (QED) is 0.0626. The molecule has 0 aliphatic carbocycles. The van der Waals surface area contributed by atoms with Crippen LogP contribution in [0.2, 0.25) is 0 Å². The minimum atomic E-state index is -0.645. The average molecular weight is 776 g/mol. The van der Waals surface area contributed by atoms with Gasteiger partial charge in [-0.2, -0.15) is 0 Å². The van der Waals surface area contributed by atoms with Crippen LogP contribution in [0.3, 0.4) is 0 Å². The van der Waals surface area contributed by atoms with E-state index in [4.69, 9.17) is 5.11 Å². The van der Waals surface area contributed by atoms with Crippen molar-refractivity contribution in [2.24, 2.45) is 0 Å². The summed E-state index contributed by atoms with van der Waals surface area (Å²) >= 11 is 0. The summed E-state index contributed by atoms with van der Waals surface area (Å²) < 4.78 is 0. The van der Waals surface area contributed by atoms with E-state index >= 15 is 0 Å². The van der Waals surface area contributed by atoms with Crippen molar-refractivity contribution in [2.75, 3.05) is 19.6 Å². The molecule has 0 aliphatic heterocycles. The third-order valence-corrected chi connectivity index (χ3v) is 12.5. The van der Waals surface area contributed by atoms with E-state index in [9.17, 15) is 4.79 Å². The smallest absolute Gasteiger partial charge is 0.303 e. The molecule has 0 rings (SSSR count). The minimum Gasteiger partial charge on any atom is -0.481 e. The molecular formula is C52H105NO2. The van der Waals surface area contributed by atoms with Crippen LogP contribution in [0.1, 0.15) is 309 Å². The first-order chi connectivity index (χ1) is 27.2. The predicted molar refractivity (Wildman–Crippen MR) is 248 cm³/mol. The average Bonchev–Trinajstić information content (AvgIpc) is 3.18. The molecule has 3 heteroatoms. The van der Waals surface area contributed by atoms with Crippen molar-refractivity contribution >= 4 is 5.97 Å². The molecule has 0 saturated carbocycles. The zero-order valence-electron chi connectivity index (χ0n) is 38.5. The van der Waals surface area contributed by atoms with Crippen LogP contribution in [0.25, 0.3) is 0 Å². The maximum absolute atomic E-state index is 11.1. The molecule has 0 amide bonds. The highest BCUT2D eigenvalue weighted by Crippen LogP contribution is 2.18. The number of aliphatic carboxylic acids is 1. The van der Waals surface area contributed by atoms with Crippen molar-refractivity contribution in [3.63, 3.8) is 0 Å². The van der Waals surface area contributed by atoms with E-state index in [2.05, 4.69) is 18.7 Å². The van der Waals surface area contributed by atoms with Crippen molar-refractivity contribution in [1.29, 1.82) is 0 Å². The third-order valence-electron chi connectivity index (χ3n) is 12.5. The van der Waals surface area contributed by atoms with E-state index in [1.807, 2.05) is 0 Å². The SMILES string of the molecule is CCCCCCCCCCCCCCCCCCCCCCCCN(CCCCCCCCCCCCCCCCCCCCCCCC)CCCC(=O)O. The highest BCUT2D eigenvalue weighted by atomic mass is 16.4. The number of nitrogens with zero attached hydrogens (tertiary/aromatic N) is 1. The van der Waals surface area contributed by atoms with Crippen molar-refractivity contribution in [2.45, 2.75) is 309 Å². The molecule has 1 N–H and O–H groups in total. The van der Waals surface area contributed by atoms with E-state index in [0.29, 0.717) is 6.42 Å². The Kier molecular flexibility index (Phi) is 49.1. The van der Waals surface area contributed by atoms with Crippen molar-refractivity contribution in [3.8, 4) is 0 Å². The van der Waals surface area contributed by atoms with Gasteiger partial charge in [0, 0.05) is 6.42 Å². The summed E-state index contributed by atoms with van der Waals surface area (Å²) in [5, 5.41) is 9.13. The van der Waals surface area contributed by atoms with Gasteiger partial charge in [0.05, 0.1) is 0 Å². The second-order valence-electron chi connectivity index (χ2n) is 18.2. The number of unbranched alkanes of at least 4 members (excludes halogenated alkanes) is 42. The molecule has 0 saturated heterocycles. The van der Waals surface area contributed by atoms with Gasteiger partial charge in [0.25, 0.3) is 0 Å². The summed E-state index contributed by atoms with van der Waals surface area (Å²) in [6.07, 6.45) is 64.1. The van der Waals surface area contributed by atoms with Crippen LogP contribution in [0.15, 0.2) is 0 Å². The zero-order chi connectivity index (χ0) is 39.8. The first-order valence-corrected chi connectivity index (χ1v) is 26.1. The van der Waals surface area contributed by atoms with E-state index in [0.717, 1.165) is 26.1 Å². The largest absolute Gasteiger partial charge is 0.481 e. The van der Waals surface area contributed by atoms with Crippen LogP contribution in [-0.4, -0.2) is 35.6 Å². The van der Waals surface area contributed by atoms with Gasteiger partial charge in [0.1, 0.15) is 0 Å². The Morgan fingerprint density at radius 1 is 0.273 bits per heavy atom. The molecule has 0 aromatic rings. The summed E-state index contributed by atoms with van der Waals surface area (Å²) in [5.41, 5.74) is 0. The first-order valence-electron chi connectivity index (χ1n) is 26.1. The highest BCUT2D eigenvalue weighted by molar-refractivity contribution is 5.66. The van der Waals surface area contributed by atoms with Gasteiger partial charge in [0.2, 0.25) is 0 Å². The Balaban J connectivity index is 3.54. The Hall–Kier alpha value is -0.570. The van der Waals surface area contributed by atoms with Crippen LogP contribution >= 0.6 is 0 Å². The Labute approximate surface area is 348 Å². The van der Waals surface area contributed by atoms with Crippen LogP contribution in [0.4, 0.5) is 0 Å². The van der Waals surface area contributed by atoms with Gasteiger partial charge in [-0.05, 0) is 38.9 Å². The standard InChI is InChI=1S/C52H105NO2/c1-3-5-7-9-11-13-15-17-19-21-23-25-27-29-31-33-35-37-39-41-43-45-49-53(51-47-48-52(54)55)50-46-44-42-40-38-36-34-32-30-28-26-24-22-20-18-16-14-12-10-8-6-4-2/h3-51H2,1-2H3,(H,54,55). The Morgan fingerprint density at radius 2 is 0.436 bits per heavy atom. The fraction of sp³-hybridized carbons (Fsp3) is 0.981. The molecule has 0 spiro atoms. The lowest BCUT2D eigenvalue weighted by Crippen LogP contribution is -2.27. The highest BCUT2D eigenvalue weighted by Gasteiger charge is 2.07. The zero-order valence-corrected chi connectivity index (χ0v) is 38.5. The maximum Gasteiger partial charge on any atom is 0.303 e. The summed E-state index contributed by atoms with van der Waals surface area (Å²) in [7, 11) is 0. The molecule has 0 unspecified atom stereocenters. The molecule has 0 atom stereocenters. The van der Waals surface area contributed by atoms with Crippen LogP contribution in [-0.2, 0) is 4.79 Å². The summed E-state index contributed by atoms with van der Waals surface area (Å²) in [5.74, 6) is -0.645. The maximum atomic E-state index is 11.1. The molecule has 0 aromatic heterocycles. The molecule has 330 valence electrons. The number of rotatable bonds is 50. The lowest BCUT2D eigenvalue weighted by molar-refractivity contribution is -0.137. The van der Waals surface area contributed by atoms with Gasteiger partial charge in [-0.15, -0.1) is 0 Å². The number of carboxylic acid groups (broad SMARTS) is 1. The first kappa shape index (κ1) is 54.4. The Bertz CT molecular complexity index is 647. The number of hydrogen-bond acceptors (Lipinski definition) is 2. The fourth-order valence-corrected chi connectivity index (χ4v) is 8.68. The lowest BCUT2D eigenvalue weighted by atomic mass is 10.0. The summed E-state index contributed by atoms with van der Waals surface area (Å²) in [4.78, 5) is 13.7. The molecule has 0 radical (unpaired) electrons. The summed E-state index contributed by atoms with van der Waals surface area (Å²) in [6, 6.07) is 0. The summed E-state index contributed by atoms with van der Waals surface area (Å²) in [6.45, 7) is 7.90. The fourth-order valence-electron chi connectivity index (χ4n) is 8.68. The van der Waals surface area contributed by atoms with Gasteiger partial charge < -0.3 is 10.0 Å². The van der Waals surface area contributed by atoms with Gasteiger partial charge in [-0.1, -0.05) is 284 Å². The number of hydrogen-bond donors (Lipinski definition) is 1. The molecule has 3 nitrogen and oxygen atoms in total. The number of carbonyl (C=O) groups is 1. The van der Waals surface area contributed by atoms with Gasteiger partial charge in [-0.3, -0.25) is 4.79 Å². The van der Waals surface area contributed by atoms with E-state index < -0.39 is 5.97 Å². The van der Waals surface area contributed by atoms with Gasteiger partial charge in [0.15, 0.2) is 0 Å². The molecule has 0 fully saturated rings. The monoisotopic (exact) mass is 776 g/mol. The molecule has 0 aliphatic rings.